The van der Waals surface area contributed by atoms with E-state index in [1.165, 1.54) is 4.57 Å². The van der Waals surface area contributed by atoms with Crippen LogP contribution in [0.15, 0.2) is 69.6 Å². The average molecular weight is 489 g/mol. The van der Waals surface area contributed by atoms with Crippen LogP contribution in [-0.2, 0) is 14.3 Å². The Hall–Kier alpha value is -3.98. The van der Waals surface area contributed by atoms with Gasteiger partial charge in [-0.1, -0.05) is 41.7 Å². The lowest BCUT2D eigenvalue weighted by Crippen LogP contribution is -2.40. The minimum Gasteiger partial charge on any atom is -0.463 e. The highest BCUT2D eigenvalue weighted by atomic mass is 32.1. The number of anilines is 2. The van der Waals surface area contributed by atoms with Gasteiger partial charge >= 0.3 is 5.97 Å². The molecule has 1 N–H and O–H groups in total. The summed E-state index contributed by atoms with van der Waals surface area (Å²) in [4.78, 5) is 46.8. The molecule has 5 rings (SSSR count). The second kappa shape index (κ2) is 8.66. The number of fused-ring (bicyclic) bond motifs is 2. The van der Waals surface area contributed by atoms with Crippen molar-refractivity contribution >= 4 is 40.2 Å². The molecule has 0 bridgehead atoms. The molecule has 35 heavy (non-hydrogen) atoms. The van der Waals surface area contributed by atoms with Crippen LogP contribution in [0.1, 0.15) is 31.0 Å². The lowest BCUT2D eigenvalue weighted by Gasteiger charge is -2.25. The first kappa shape index (κ1) is 22.8. The van der Waals surface area contributed by atoms with E-state index in [2.05, 4.69) is 10.3 Å². The van der Waals surface area contributed by atoms with Crippen molar-refractivity contribution in [3.63, 3.8) is 0 Å². The number of allylic oxidation sites excluding steroid dienone is 1. The summed E-state index contributed by atoms with van der Waals surface area (Å²) in [6.45, 7) is 3.68. The topological polar surface area (TPSA) is 93.0 Å². The van der Waals surface area contributed by atoms with Crippen LogP contribution >= 0.6 is 11.3 Å². The van der Waals surface area contributed by atoms with Gasteiger partial charge in [-0.15, -0.1) is 0 Å². The highest BCUT2D eigenvalue weighted by Crippen LogP contribution is 2.33. The summed E-state index contributed by atoms with van der Waals surface area (Å²) < 4.78 is 7.14. The van der Waals surface area contributed by atoms with Gasteiger partial charge in [-0.25, -0.2) is 9.79 Å². The Kier molecular flexibility index (Phi) is 5.64. The second-order valence-corrected chi connectivity index (χ2v) is 9.46. The van der Waals surface area contributed by atoms with Crippen LogP contribution in [0.3, 0.4) is 0 Å². The lowest BCUT2D eigenvalue weighted by atomic mass is 9.95. The molecule has 0 radical (unpaired) electrons. The Morgan fingerprint density at radius 2 is 1.86 bits per heavy atom. The third kappa shape index (κ3) is 3.68. The number of para-hydroxylation sites is 1. The number of rotatable bonds is 4. The van der Waals surface area contributed by atoms with Crippen LogP contribution in [-0.4, -0.2) is 37.1 Å². The number of benzene rings is 2. The molecule has 8 nitrogen and oxygen atoms in total. The molecule has 9 heteroatoms. The standard InChI is InChI=1S/C26H24N4O4S/c1-5-34-25(33)19-14(2)27-26-30(21(19)15-10-12-16(13-11-15)29(3)4)24(32)22(35-26)20-17-8-6-7-9-18(17)28-23(20)31/h6-13,21H,5H2,1-4H3,(H,28,31)/b22-20+. The first-order valence-corrected chi connectivity index (χ1v) is 12.0. The number of hydrogen-bond acceptors (Lipinski definition) is 7. The van der Waals surface area contributed by atoms with Crippen LogP contribution < -0.4 is 25.1 Å². The summed E-state index contributed by atoms with van der Waals surface area (Å²) in [7, 11) is 3.89. The third-order valence-corrected chi connectivity index (χ3v) is 7.17. The molecule has 2 aliphatic heterocycles. The fraction of sp³-hybridized carbons (Fsp3) is 0.231. The maximum absolute atomic E-state index is 13.9. The molecule has 1 atom stereocenters. The normalized spacial score (nSPS) is 17.9. The Labute approximate surface area is 205 Å². The molecule has 1 aromatic heterocycles. The van der Waals surface area contributed by atoms with E-state index in [4.69, 9.17) is 4.74 Å². The van der Waals surface area contributed by atoms with E-state index in [0.717, 1.165) is 22.6 Å². The predicted octanol–water partition coefficient (Wildman–Crippen LogP) is 2.19. The number of amides is 1. The zero-order valence-electron chi connectivity index (χ0n) is 19.8. The molecule has 2 aliphatic rings. The Balaban J connectivity index is 1.79. The number of carbonyl (C=O) groups excluding carboxylic acids is 2. The van der Waals surface area contributed by atoms with Gasteiger partial charge in [0.05, 0.1) is 29.5 Å². The molecule has 1 amide bonds. The molecule has 1 unspecified atom stereocenters. The number of esters is 1. The Morgan fingerprint density at radius 1 is 1.14 bits per heavy atom. The smallest absolute Gasteiger partial charge is 0.338 e. The summed E-state index contributed by atoms with van der Waals surface area (Å²) >= 11 is 1.16. The van der Waals surface area contributed by atoms with Crippen LogP contribution in [0, 0.1) is 0 Å². The van der Waals surface area contributed by atoms with Gasteiger partial charge in [0.1, 0.15) is 4.53 Å². The van der Waals surface area contributed by atoms with Gasteiger partial charge in [0.15, 0.2) is 4.80 Å². The molecule has 178 valence electrons. The first-order valence-electron chi connectivity index (χ1n) is 11.2. The monoisotopic (exact) mass is 488 g/mol. The number of thiazole rings is 1. The van der Waals surface area contributed by atoms with Crippen LogP contribution in [0.25, 0.3) is 5.57 Å². The third-order valence-electron chi connectivity index (χ3n) is 6.12. The minimum absolute atomic E-state index is 0.202. The van der Waals surface area contributed by atoms with Gasteiger partial charge in [-0.2, -0.15) is 0 Å². The summed E-state index contributed by atoms with van der Waals surface area (Å²) in [6.07, 6.45) is 0. The molecular formula is C26H24N4O4S. The van der Waals surface area contributed by atoms with Gasteiger partial charge in [0, 0.05) is 31.0 Å². The van der Waals surface area contributed by atoms with Crippen molar-refractivity contribution in [1.82, 2.24) is 4.57 Å². The van der Waals surface area contributed by atoms with Gasteiger partial charge in [0.2, 0.25) is 0 Å². The molecule has 0 saturated heterocycles. The minimum atomic E-state index is -0.726. The summed E-state index contributed by atoms with van der Waals surface area (Å²) in [5.41, 5.74) is 3.83. The summed E-state index contributed by atoms with van der Waals surface area (Å²) in [6, 6.07) is 14.2. The fourth-order valence-electron chi connectivity index (χ4n) is 4.45. The van der Waals surface area contributed by atoms with Crippen molar-refractivity contribution in [1.29, 1.82) is 0 Å². The largest absolute Gasteiger partial charge is 0.463 e. The number of nitrogens with zero attached hydrogens (tertiary/aromatic N) is 3. The van der Waals surface area contributed by atoms with Crippen LogP contribution in [0.2, 0.25) is 0 Å². The quantitative estimate of drug-likeness (QED) is 0.569. The second-order valence-electron chi connectivity index (χ2n) is 8.48. The van der Waals surface area contributed by atoms with Gasteiger partial charge < -0.3 is 15.0 Å². The fourth-order valence-corrected chi connectivity index (χ4v) is 5.60. The highest BCUT2D eigenvalue weighted by molar-refractivity contribution is 7.07. The highest BCUT2D eigenvalue weighted by Gasteiger charge is 2.35. The van der Waals surface area contributed by atoms with E-state index in [0.29, 0.717) is 37.4 Å². The molecule has 3 heterocycles. The number of nitrogens with one attached hydrogen (secondary N) is 1. The van der Waals surface area contributed by atoms with E-state index in [9.17, 15) is 14.4 Å². The SMILES string of the molecule is CCOC(=O)C1=C(C)N=c2s/c(=C3/C(=O)Nc4ccccc43)c(=O)n2C1c1ccc(N(C)C)cc1. The van der Waals surface area contributed by atoms with Gasteiger partial charge in [-0.3, -0.25) is 14.2 Å². The lowest BCUT2D eigenvalue weighted by molar-refractivity contribution is -0.139. The Morgan fingerprint density at radius 3 is 2.54 bits per heavy atom. The molecule has 0 aliphatic carbocycles. The van der Waals surface area contributed by atoms with Crippen molar-refractivity contribution in [2.75, 3.05) is 30.9 Å². The molecule has 3 aromatic rings. The zero-order chi connectivity index (χ0) is 24.9. The Bertz CT molecular complexity index is 1580. The molecule has 0 saturated carbocycles. The van der Waals surface area contributed by atoms with Crippen molar-refractivity contribution in [3.8, 4) is 0 Å². The molecule has 0 spiro atoms. The van der Waals surface area contributed by atoms with Crippen molar-refractivity contribution in [2.45, 2.75) is 19.9 Å². The van der Waals surface area contributed by atoms with Crippen LogP contribution in [0.4, 0.5) is 11.4 Å². The van der Waals surface area contributed by atoms with Crippen molar-refractivity contribution in [3.05, 3.63) is 90.6 Å². The van der Waals surface area contributed by atoms with E-state index in [-0.39, 0.29) is 18.1 Å². The summed E-state index contributed by atoms with van der Waals surface area (Å²) in [5, 5.41) is 2.83. The maximum Gasteiger partial charge on any atom is 0.338 e. The van der Waals surface area contributed by atoms with E-state index >= 15 is 0 Å². The number of hydrogen-bond donors (Lipinski definition) is 1. The van der Waals surface area contributed by atoms with Crippen LogP contribution in [0.5, 0.6) is 0 Å². The van der Waals surface area contributed by atoms with Crippen molar-refractivity contribution < 1.29 is 14.3 Å². The predicted molar refractivity (Wildman–Crippen MR) is 135 cm³/mol. The van der Waals surface area contributed by atoms with Crippen molar-refractivity contribution in [2.24, 2.45) is 4.99 Å². The van der Waals surface area contributed by atoms with E-state index in [1.807, 2.05) is 61.5 Å². The van der Waals surface area contributed by atoms with Gasteiger partial charge in [0.25, 0.3) is 11.5 Å². The molecular weight excluding hydrogens is 464 g/mol. The van der Waals surface area contributed by atoms with E-state index < -0.39 is 12.0 Å². The number of ether oxygens (including phenoxy) is 1. The summed E-state index contributed by atoms with van der Waals surface area (Å²) in [5.74, 6) is -0.845. The van der Waals surface area contributed by atoms with Gasteiger partial charge in [-0.05, 0) is 37.6 Å². The zero-order valence-corrected chi connectivity index (χ0v) is 20.6. The number of aromatic nitrogens is 1. The average Bonchev–Trinajstić information content (AvgIpc) is 3.33. The maximum atomic E-state index is 13.9. The van der Waals surface area contributed by atoms with E-state index in [1.54, 1.807) is 19.9 Å². The number of carbonyl (C=O) groups is 2. The molecule has 2 aromatic carbocycles. The molecule has 0 fully saturated rings. The first-order chi connectivity index (χ1) is 16.8.